The lowest BCUT2D eigenvalue weighted by Crippen LogP contribution is -2.33. The predicted molar refractivity (Wildman–Crippen MR) is 97.7 cm³/mol. The van der Waals surface area contributed by atoms with Gasteiger partial charge in [-0.3, -0.25) is 4.79 Å². The Kier molecular flexibility index (Phi) is 5.37. The van der Waals surface area contributed by atoms with Crippen molar-refractivity contribution in [1.82, 2.24) is 5.32 Å². The lowest BCUT2D eigenvalue weighted by Gasteiger charge is -2.15. The fourth-order valence-electron chi connectivity index (χ4n) is 3.22. The molecule has 3 N–H and O–H groups in total. The Hall–Kier alpha value is -2.27. The van der Waals surface area contributed by atoms with Gasteiger partial charge in [0.1, 0.15) is 0 Å². The Bertz CT molecular complexity index is 789. The van der Waals surface area contributed by atoms with Gasteiger partial charge in [-0.15, -0.1) is 0 Å². The van der Waals surface area contributed by atoms with Crippen molar-refractivity contribution >= 4 is 5.91 Å². The average molecular weight is 358 g/mol. The third-order valence-electron chi connectivity index (χ3n) is 5.04. The van der Waals surface area contributed by atoms with E-state index in [1.54, 1.807) is 6.07 Å². The largest absolute Gasteiger partial charge is 0.354 e. The number of hydrogen-bond acceptors (Lipinski definition) is 2. The van der Waals surface area contributed by atoms with Crippen LogP contribution in [0, 0.1) is 17.6 Å². The number of nitrogens with two attached hydrogens (primary N) is 1. The first-order valence-electron chi connectivity index (χ1n) is 8.95. The van der Waals surface area contributed by atoms with Gasteiger partial charge in [0.25, 0.3) is 0 Å². The zero-order valence-corrected chi connectivity index (χ0v) is 15.0. The second-order valence-corrected chi connectivity index (χ2v) is 7.26. The van der Waals surface area contributed by atoms with Crippen LogP contribution in [0.4, 0.5) is 8.78 Å². The topological polar surface area (TPSA) is 55.1 Å². The normalized spacial score (nSPS) is 20.1. The lowest BCUT2D eigenvalue weighted by atomic mass is 9.99. The molecule has 1 amide bonds. The van der Waals surface area contributed by atoms with E-state index in [9.17, 15) is 13.6 Å². The van der Waals surface area contributed by atoms with Crippen LogP contribution in [0.2, 0.25) is 0 Å². The second kappa shape index (κ2) is 7.54. The van der Waals surface area contributed by atoms with E-state index < -0.39 is 11.6 Å². The molecule has 2 aromatic rings. The Morgan fingerprint density at radius 3 is 2.46 bits per heavy atom. The molecule has 0 bridgehead atoms. The molecule has 0 aliphatic heterocycles. The maximum absolute atomic E-state index is 13.8. The molecule has 3 unspecified atom stereocenters. The van der Waals surface area contributed by atoms with Gasteiger partial charge in [-0.2, -0.15) is 0 Å². The molecule has 0 heterocycles. The van der Waals surface area contributed by atoms with Crippen LogP contribution in [0.15, 0.2) is 42.5 Å². The van der Waals surface area contributed by atoms with Gasteiger partial charge >= 0.3 is 0 Å². The minimum Gasteiger partial charge on any atom is -0.354 e. The van der Waals surface area contributed by atoms with Crippen LogP contribution < -0.4 is 11.1 Å². The fraction of sp³-hybridized carbons (Fsp3) is 0.381. The van der Waals surface area contributed by atoms with Crippen LogP contribution in [-0.4, -0.2) is 12.5 Å². The van der Waals surface area contributed by atoms with Gasteiger partial charge in [-0.05, 0) is 41.0 Å². The first-order chi connectivity index (χ1) is 12.4. The van der Waals surface area contributed by atoms with Gasteiger partial charge in [-0.1, -0.05) is 50.2 Å². The number of halogens is 2. The minimum absolute atomic E-state index is 0.159. The lowest BCUT2D eigenvalue weighted by molar-refractivity contribution is -0.122. The van der Waals surface area contributed by atoms with E-state index in [0.717, 1.165) is 11.6 Å². The Balaban J connectivity index is 1.54. The van der Waals surface area contributed by atoms with Crippen molar-refractivity contribution in [3.63, 3.8) is 0 Å². The summed E-state index contributed by atoms with van der Waals surface area (Å²) in [6.45, 7) is 4.57. The molecule has 0 spiro atoms. The van der Waals surface area contributed by atoms with Crippen molar-refractivity contribution in [2.45, 2.75) is 38.1 Å². The van der Waals surface area contributed by atoms with E-state index in [0.29, 0.717) is 18.9 Å². The van der Waals surface area contributed by atoms with Crippen LogP contribution in [-0.2, 0) is 4.79 Å². The molecular weight excluding hydrogens is 334 g/mol. The van der Waals surface area contributed by atoms with E-state index in [4.69, 9.17) is 5.73 Å². The summed E-state index contributed by atoms with van der Waals surface area (Å²) < 4.78 is 27.2. The van der Waals surface area contributed by atoms with Crippen molar-refractivity contribution in [3.05, 3.63) is 70.8 Å². The maximum Gasteiger partial charge on any atom is 0.223 e. The molecule has 3 atom stereocenters. The van der Waals surface area contributed by atoms with Crippen LogP contribution in [0.5, 0.6) is 0 Å². The molecule has 1 fully saturated rings. The smallest absolute Gasteiger partial charge is 0.223 e. The van der Waals surface area contributed by atoms with Gasteiger partial charge < -0.3 is 11.1 Å². The molecule has 3 nitrogen and oxygen atoms in total. The number of carbonyl (C=O) groups is 1. The van der Waals surface area contributed by atoms with Gasteiger partial charge in [0.15, 0.2) is 11.6 Å². The van der Waals surface area contributed by atoms with E-state index in [2.05, 4.69) is 19.2 Å². The van der Waals surface area contributed by atoms with Crippen molar-refractivity contribution < 1.29 is 13.6 Å². The van der Waals surface area contributed by atoms with Crippen LogP contribution in [0.3, 0.4) is 0 Å². The third kappa shape index (κ3) is 3.93. The summed E-state index contributed by atoms with van der Waals surface area (Å²) in [5.41, 5.74) is 8.63. The van der Waals surface area contributed by atoms with Crippen LogP contribution in [0.1, 0.15) is 54.8 Å². The number of hydrogen-bond donors (Lipinski definition) is 2. The summed E-state index contributed by atoms with van der Waals surface area (Å²) in [5, 5.41) is 2.83. The SMILES string of the molecule is CC(C)c1ccc(C(N)CNC(=O)C2CC2c2cccc(F)c2F)cc1. The van der Waals surface area contributed by atoms with Gasteiger partial charge in [0, 0.05) is 18.5 Å². The highest BCUT2D eigenvalue weighted by atomic mass is 19.2. The molecule has 1 saturated carbocycles. The summed E-state index contributed by atoms with van der Waals surface area (Å²) in [4.78, 5) is 12.3. The van der Waals surface area contributed by atoms with Crippen molar-refractivity contribution in [1.29, 1.82) is 0 Å². The van der Waals surface area contributed by atoms with Gasteiger partial charge in [0.2, 0.25) is 5.91 Å². The number of rotatable bonds is 6. The molecule has 1 aliphatic carbocycles. The Labute approximate surface area is 152 Å². The standard InChI is InChI=1S/C21H24F2N2O/c1-12(2)13-6-8-14(9-7-13)19(24)11-25-21(26)17-10-16(17)15-4-3-5-18(22)20(15)23/h3-9,12,16-17,19H,10-11,24H2,1-2H3,(H,25,26). The quantitative estimate of drug-likeness (QED) is 0.820. The van der Waals surface area contributed by atoms with E-state index >= 15 is 0 Å². The molecule has 26 heavy (non-hydrogen) atoms. The molecule has 0 aromatic heterocycles. The third-order valence-corrected chi connectivity index (χ3v) is 5.04. The minimum atomic E-state index is -0.875. The zero-order chi connectivity index (χ0) is 18.8. The van der Waals surface area contributed by atoms with Crippen molar-refractivity contribution in [3.8, 4) is 0 Å². The predicted octanol–water partition coefficient (Wildman–Crippen LogP) is 4.01. The second-order valence-electron chi connectivity index (χ2n) is 7.26. The highest BCUT2D eigenvalue weighted by Crippen LogP contribution is 2.48. The first kappa shape index (κ1) is 18.5. The molecule has 3 rings (SSSR count). The zero-order valence-electron chi connectivity index (χ0n) is 15.0. The van der Waals surface area contributed by atoms with Crippen LogP contribution in [0.25, 0.3) is 0 Å². The van der Waals surface area contributed by atoms with E-state index in [-0.39, 0.29) is 29.3 Å². The van der Waals surface area contributed by atoms with Crippen molar-refractivity contribution in [2.24, 2.45) is 11.7 Å². The summed E-state index contributed by atoms with van der Waals surface area (Å²) in [6, 6.07) is 11.8. The van der Waals surface area contributed by atoms with E-state index in [1.807, 2.05) is 24.3 Å². The summed E-state index contributed by atoms with van der Waals surface area (Å²) >= 11 is 0. The highest BCUT2D eigenvalue weighted by Gasteiger charge is 2.45. The number of nitrogens with one attached hydrogen (secondary N) is 1. The molecule has 0 radical (unpaired) electrons. The summed E-state index contributed by atoms with van der Waals surface area (Å²) in [6.07, 6.45) is 0.532. The van der Waals surface area contributed by atoms with Gasteiger partial charge in [0.05, 0.1) is 0 Å². The number of amides is 1. The average Bonchev–Trinajstić information content (AvgIpc) is 3.42. The van der Waals surface area contributed by atoms with Crippen LogP contribution >= 0.6 is 0 Å². The summed E-state index contributed by atoms with van der Waals surface area (Å²) in [5.74, 6) is -2.01. The molecule has 2 aromatic carbocycles. The first-order valence-corrected chi connectivity index (χ1v) is 8.95. The highest BCUT2D eigenvalue weighted by molar-refractivity contribution is 5.83. The molecular formula is C21H24F2N2O. The molecule has 138 valence electrons. The number of carbonyl (C=O) groups excluding carboxylic acids is 1. The molecule has 5 heteroatoms. The van der Waals surface area contributed by atoms with E-state index in [1.165, 1.54) is 11.6 Å². The monoisotopic (exact) mass is 358 g/mol. The number of benzene rings is 2. The molecule has 1 aliphatic rings. The molecule has 0 saturated heterocycles. The summed E-state index contributed by atoms with van der Waals surface area (Å²) in [7, 11) is 0. The maximum atomic E-state index is 13.8. The van der Waals surface area contributed by atoms with Crippen molar-refractivity contribution in [2.75, 3.05) is 6.54 Å². The Morgan fingerprint density at radius 2 is 1.81 bits per heavy atom. The fourth-order valence-corrected chi connectivity index (χ4v) is 3.22. The Morgan fingerprint density at radius 1 is 1.15 bits per heavy atom. The van der Waals surface area contributed by atoms with Gasteiger partial charge in [-0.25, -0.2) is 8.78 Å².